The van der Waals surface area contributed by atoms with Gasteiger partial charge in [-0.2, -0.15) is 18.3 Å². The zero-order valence-corrected chi connectivity index (χ0v) is 10.8. The van der Waals surface area contributed by atoms with Gasteiger partial charge < -0.3 is 10.4 Å². The lowest BCUT2D eigenvalue weighted by molar-refractivity contribution is -0.138. The number of carboxylic acid groups (broad SMARTS) is 1. The SMILES string of the molecule is Cn1cc(C(Nc2cc(C(F)(F)F)ccn2)C(=O)O)cn1. The van der Waals surface area contributed by atoms with E-state index in [2.05, 4.69) is 15.4 Å². The number of carbonyl (C=O) groups is 1. The molecule has 0 aliphatic carbocycles. The van der Waals surface area contributed by atoms with E-state index in [4.69, 9.17) is 0 Å². The zero-order valence-electron chi connectivity index (χ0n) is 10.8. The van der Waals surface area contributed by atoms with Gasteiger partial charge >= 0.3 is 12.1 Å². The molecule has 0 amide bonds. The molecule has 1 atom stereocenters. The van der Waals surface area contributed by atoms with Crippen LogP contribution in [0, 0.1) is 0 Å². The molecule has 21 heavy (non-hydrogen) atoms. The summed E-state index contributed by atoms with van der Waals surface area (Å²) in [7, 11) is 1.60. The topological polar surface area (TPSA) is 80.0 Å². The van der Waals surface area contributed by atoms with Crippen molar-refractivity contribution in [3.8, 4) is 0 Å². The summed E-state index contributed by atoms with van der Waals surface area (Å²) in [6.07, 6.45) is -0.779. The summed E-state index contributed by atoms with van der Waals surface area (Å²) in [4.78, 5) is 15.0. The summed E-state index contributed by atoms with van der Waals surface area (Å²) in [5.41, 5.74) is -0.598. The van der Waals surface area contributed by atoms with Gasteiger partial charge in [0.1, 0.15) is 5.82 Å². The molecule has 0 aliphatic rings. The van der Waals surface area contributed by atoms with Gasteiger partial charge in [-0.05, 0) is 12.1 Å². The van der Waals surface area contributed by atoms with Crippen LogP contribution in [-0.2, 0) is 18.0 Å². The molecule has 0 fully saturated rings. The molecule has 0 saturated carbocycles. The van der Waals surface area contributed by atoms with Crippen molar-refractivity contribution >= 4 is 11.8 Å². The van der Waals surface area contributed by atoms with Gasteiger partial charge in [-0.3, -0.25) is 4.68 Å². The molecular formula is C12H11F3N4O2. The van der Waals surface area contributed by atoms with Crippen molar-refractivity contribution < 1.29 is 23.1 Å². The zero-order chi connectivity index (χ0) is 15.6. The third kappa shape index (κ3) is 3.50. The maximum Gasteiger partial charge on any atom is 0.416 e. The highest BCUT2D eigenvalue weighted by atomic mass is 19.4. The third-order valence-electron chi connectivity index (χ3n) is 2.68. The van der Waals surface area contributed by atoms with E-state index < -0.39 is 23.8 Å². The Hall–Kier alpha value is -2.58. The number of carboxylic acids is 1. The lowest BCUT2D eigenvalue weighted by Crippen LogP contribution is -2.21. The fourth-order valence-electron chi connectivity index (χ4n) is 1.71. The summed E-state index contributed by atoms with van der Waals surface area (Å²) in [6.45, 7) is 0. The minimum absolute atomic E-state index is 0.180. The number of hydrogen-bond donors (Lipinski definition) is 2. The van der Waals surface area contributed by atoms with Crippen LogP contribution in [0.15, 0.2) is 30.7 Å². The van der Waals surface area contributed by atoms with E-state index in [0.717, 1.165) is 18.3 Å². The van der Waals surface area contributed by atoms with Crippen LogP contribution in [0.4, 0.5) is 19.0 Å². The number of aryl methyl sites for hydroxylation is 1. The summed E-state index contributed by atoms with van der Waals surface area (Å²) < 4.78 is 39.2. The van der Waals surface area contributed by atoms with E-state index in [0.29, 0.717) is 5.56 Å². The van der Waals surface area contributed by atoms with E-state index >= 15 is 0 Å². The Morgan fingerprint density at radius 2 is 2.19 bits per heavy atom. The van der Waals surface area contributed by atoms with Crippen molar-refractivity contribution in [1.29, 1.82) is 0 Å². The summed E-state index contributed by atoms with van der Waals surface area (Å²) in [5, 5.41) is 15.5. The quantitative estimate of drug-likeness (QED) is 0.903. The first-order valence-electron chi connectivity index (χ1n) is 5.78. The van der Waals surface area contributed by atoms with Gasteiger partial charge in [-0.15, -0.1) is 0 Å². The number of aromatic nitrogens is 3. The van der Waals surface area contributed by atoms with Crippen LogP contribution >= 0.6 is 0 Å². The highest BCUT2D eigenvalue weighted by molar-refractivity contribution is 5.78. The molecule has 2 aromatic rings. The number of anilines is 1. The predicted molar refractivity (Wildman–Crippen MR) is 66.4 cm³/mol. The van der Waals surface area contributed by atoms with E-state index in [9.17, 15) is 23.1 Å². The minimum atomic E-state index is -4.52. The van der Waals surface area contributed by atoms with E-state index in [-0.39, 0.29) is 5.82 Å². The highest BCUT2D eigenvalue weighted by Gasteiger charge is 2.31. The molecule has 1 unspecified atom stereocenters. The predicted octanol–water partition coefficient (Wildman–Crippen LogP) is 2.07. The molecule has 2 N–H and O–H groups in total. The van der Waals surface area contributed by atoms with Crippen LogP contribution in [0.25, 0.3) is 0 Å². The van der Waals surface area contributed by atoms with Crippen LogP contribution in [0.3, 0.4) is 0 Å². The number of rotatable bonds is 4. The Morgan fingerprint density at radius 3 is 2.71 bits per heavy atom. The fourth-order valence-corrected chi connectivity index (χ4v) is 1.71. The smallest absolute Gasteiger partial charge is 0.416 e. The second kappa shape index (κ2) is 5.43. The molecule has 6 nitrogen and oxygen atoms in total. The van der Waals surface area contributed by atoms with E-state index in [1.807, 2.05) is 0 Å². The standard InChI is InChI=1S/C12H11F3N4O2/c1-19-6-7(5-17-19)10(11(20)21)18-9-4-8(2-3-16-9)12(13,14)15/h2-6,10H,1H3,(H,16,18)(H,20,21). The third-order valence-corrected chi connectivity index (χ3v) is 2.68. The Bertz CT molecular complexity index is 654. The van der Waals surface area contributed by atoms with Crippen molar-refractivity contribution in [1.82, 2.24) is 14.8 Å². The summed E-state index contributed by atoms with van der Waals surface area (Å²) in [5.74, 6) is -1.43. The van der Waals surface area contributed by atoms with Crippen molar-refractivity contribution in [2.24, 2.45) is 7.05 Å². The van der Waals surface area contributed by atoms with Gasteiger partial charge in [-0.1, -0.05) is 0 Å². The largest absolute Gasteiger partial charge is 0.479 e. The van der Waals surface area contributed by atoms with Crippen LogP contribution in [-0.4, -0.2) is 25.8 Å². The molecule has 2 aromatic heterocycles. The Kier molecular flexibility index (Phi) is 3.83. The first kappa shape index (κ1) is 14.8. The summed E-state index contributed by atoms with van der Waals surface area (Å²) in [6, 6.07) is 0.326. The molecule has 2 heterocycles. The number of pyridine rings is 1. The average Bonchev–Trinajstić information content (AvgIpc) is 2.81. The van der Waals surface area contributed by atoms with Gasteiger partial charge in [0, 0.05) is 25.0 Å². The molecule has 0 spiro atoms. The van der Waals surface area contributed by atoms with Gasteiger partial charge in [0.2, 0.25) is 0 Å². The molecule has 0 bridgehead atoms. The molecule has 2 rings (SSSR count). The molecule has 0 radical (unpaired) electrons. The van der Waals surface area contributed by atoms with Crippen LogP contribution in [0.1, 0.15) is 17.2 Å². The highest BCUT2D eigenvalue weighted by Crippen LogP contribution is 2.30. The maximum absolute atomic E-state index is 12.6. The van der Waals surface area contributed by atoms with Gasteiger partial charge in [0.15, 0.2) is 6.04 Å². The number of nitrogens with one attached hydrogen (secondary N) is 1. The Labute approximate surface area is 117 Å². The van der Waals surface area contributed by atoms with Crippen LogP contribution < -0.4 is 5.32 Å². The number of hydrogen-bond acceptors (Lipinski definition) is 4. The molecule has 0 saturated heterocycles. The molecule has 9 heteroatoms. The molecule has 112 valence electrons. The summed E-state index contributed by atoms with van der Waals surface area (Å²) >= 11 is 0. The lowest BCUT2D eigenvalue weighted by Gasteiger charge is -2.14. The van der Waals surface area contributed by atoms with Crippen molar-refractivity contribution in [3.63, 3.8) is 0 Å². The maximum atomic E-state index is 12.6. The number of aliphatic carboxylic acids is 1. The minimum Gasteiger partial charge on any atom is -0.479 e. The average molecular weight is 300 g/mol. The van der Waals surface area contributed by atoms with E-state index in [1.165, 1.54) is 17.1 Å². The first-order chi connectivity index (χ1) is 9.77. The number of nitrogens with zero attached hydrogens (tertiary/aromatic N) is 3. The normalized spacial score (nSPS) is 13.0. The second-order valence-electron chi connectivity index (χ2n) is 4.29. The van der Waals surface area contributed by atoms with E-state index in [1.54, 1.807) is 7.05 Å². The number of alkyl halides is 3. The second-order valence-corrected chi connectivity index (χ2v) is 4.29. The monoisotopic (exact) mass is 300 g/mol. The van der Waals surface area contributed by atoms with Crippen LogP contribution in [0.2, 0.25) is 0 Å². The van der Waals surface area contributed by atoms with Crippen molar-refractivity contribution in [2.75, 3.05) is 5.32 Å². The van der Waals surface area contributed by atoms with Gasteiger partial charge in [0.25, 0.3) is 0 Å². The lowest BCUT2D eigenvalue weighted by atomic mass is 10.1. The molecule has 0 aromatic carbocycles. The van der Waals surface area contributed by atoms with Crippen molar-refractivity contribution in [2.45, 2.75) is 12.2 Å². The first-order valence-corrected chi connectivity index (χ1v) is 5.78. The Morgan fingerprint density at radius 1 is 1.48 bits per heavy atom. The van der Waals surface area contributed by atoms with Gasteiger partial charge in [0.05, 0.1) is 11.8 Å². The van der Waals surface area contributed by atoms with Crippen molar-refractivity contribution in [3.05, 3.63) is 41.9 Å². The molecular weight excluding hydrogens is 289 g/mol. The fraction of sp³-hybridized carbons (Fsp3) is 0.250. The Balaban J connectivity index is 2.28. The van der Waals surface area contributed by atoms with Crippen LogP contribution in [0.5, 0.6) is 0 Å². The van der Waals surface area contributed by atoms with Gasteiger partial charge in [-0.25, -0.2) is 9.78 Å². The molecule has 0 aliphatic heterocycles. The number of halogens is 3.